The van der Waals surface area contributed by atoms with Crippen LogP contribution < -0.4 is 11.5 Å². The van der Waals surface area contributed by atoms with E-state index in [4.69, 9.17) is 26.4 Å². The zero-order valence-electron chi connectivity index (χ0n) is 9.69. The van der Waals surface area contributed by atoms with Gasteiger partial charge in [0.25, 0.3) is 0 Å². The number of ether oxygens (including phenoxy) is 1. The number of aliphatic hydroxyl groups excluding tert-OH is 1. The molecular weight excluding hydrogens is 196 g/mol. The van der Waals surface area contributed by atoms with E-state index in [0.717, 1.165) is 32.5 Å². The fourth-order valence-corrected chi connectivity index (χ4v) is 0.731. The molecule has 0 amide bonds. The third-order valence-electron chi connectivity index (χ3n) is 1.53. The maximum atomic E-state index is 8.11. The lowest BCUT2D eigenvalue weighted by Gasteiger charge is -1.99. The highest BCUT2D eigenvalue weighted by atomic mass is 16.5. The van der Waals surface area contributed by atoms with Crippen molar-refractivity contribution >= 4 is 0 Å². The zero-order chi connectivity index (χ0) is 11.9. The molecule has 5 heteroatoms. The summed E-state index contributed by atoms with van der Waals surface area (Å²) in [5, 5.41) is 16.2. The summed E-state index contributed by atoms with van der Waals surface area (Å²) in [5.41, 5.74) is 10.5. The van der Waals surface area contributed by atoms with Gasteiger partial charge in [0.1, 0.15) is 0 Å². The first-order chi connectivity index (χ1) is 7.18. The lowest BCUT2D eigenvalue weighted by Crippen LogP contribution is -2.08. The van der Waals surface area contributed by atoms with Crippen molar-refractivity contribution in [2.45, 2.75) is 38.9 Å². The molecule has 0 aliphatic rings. The quantitative estimate of drug-likeness (QED) is 0.336. The van der Waals surface area contributed by atoms with Crippen molar-refractivity contribution in [3.8, 4) is 0 Å². The maximum Gasteiger partial charge on any atom is 0.151 e. The molecule has 94 valence electrons. The SMILES string of the molecule is CCCC(O)O.NCCCOCCCN. The first-order valence-electron chi connectivity index (χ1n) is 5.53. The number of hydrogen-bond acceptors (Lipinski definition) is 5. The third-order valence-corrected chi connectivity index (χ3v) is 1.53. The standard InChI is InChI=1S/C6H16N2O.C4H10O2/c7-3-1-5-9-6-2-4-8;1-2-3-4(5)6/h1-8H2;4-6H,2-3H2,1H3. The number of rotatable bonds is 8. The molecule has 0 aromatic rings. The average Bonchev–Trinajstić information content (AvgIpc) is 2.18. The van der Waals surface area contributed by atoms with Crippen LogP contribution in [-0.2, 0) is 4.74 Å². The zero-order valence-corrected chi connectivity index (χ0v) is 9.69. The van der Waals surface area contributed by atoms with E-state index in [1.807, 2.05) is 6.92 Å². The number of nitrogens with two attached hydrogens (primary N) is 2. The van der Waals surface area contributed by atoms with E-state index >= 15 is 0 Å². The number of hydrogen-bond donors (Lipinski definition) is 4. The summed E-state index contributed by atoms with van der Waals surface area (Å²) in [7, 11) is 0. The normalized spacial score (nSPS) is 10.0. The summed E-state index contributed by atoms with van der Waals surface area (Å²) in [4.78, 5) is 0. The van der Waals surface area contributed by atoms with Gasteiger partial charge in [0.15, 0.2) is 6.29 Å². The fourth-order valence-electron chi connectivity index (χ4n) is 0.731. The highest BCUT2D eigenvalue weighted by molar-refractivity contribution is 4.38. The molecule has 0 aromatic heterocycles. The predicted molar refractivity (Wildman–Crippen MR) is 61.3 cm³/mol. The minimum atomic E-state index is -1.10. The fraction of sp³-hybridized carbons (Fsp3) is 1.00. The molecule has 6 N–H and O–H groups in total. The Labute approximate surface area is 92.4 Å². The van der Waals surface area contributed by atoms with E-state index in [1.54, 1.807) is 0 Å². The van der Waals surface area contributed by atoms with Gasteiger partial charge in [0.2, 0.25) is 0 Å². The third kappa shape index (κ3) is 24.8. The van der Waals surface area contributed by atoms with Crippen molar-refractivity contribution < 1.29 is 14.9 Å². The first-order valence-corrected chi connectivity index (χ1v) is 5.53. The molecule has 0 heterocycles. The van der Waals surface area contributed by atoms with Crippen LogP contribution in [0.5, 0.6) is 0 Å². The van der Waals surface area contributed by atoms with Crippen LogP contribution >= 0.6 is 0 Å². The van der Waals surface area contributed by atoms with Crippen LogP contribution in [0.2, 0.25) is 0 Å². The summed E-state index contributed by atoms with van der Waals surface area (Å²) in [6.07, 6.45) is 2.11. The molecular formula is C10H26N2O3. The summed E-state index contributed by atoms with van der Waals surface area (Å²) in [5.74, 6) is 0. The van der Waals surface area contributed by atoms with Gasteiger partial charge in [-0.1, -0.05) is 13.3 Å². The molecule has 0 aliphatic heterocycles. The smallest absolute Gasteiger partial charge is 0.151 e. The number of aliphatic hydroxyl groups is 2. The second-order valence-corrected chi connectivity index (χ2v) is 3.17. The first kappa shape index (κ1) is 17.2. The van der Waals surface area contributed by atoms with Gasteiger partial charge in [-0.15, -0.1) is 0 Å². The largest absolute Gasteiger partial charge is 0.381 e. The van der Waals surface area contributed by atoms with Crippen LogP contribution in [-0.4, -0.2) is 42.8 Å². The Morgan fingerprint density at radius 2 is 1.53 bits per heavy atom. The Morgan fingerprint density at radius 1 is 1.07 bits per heavy atom. The van der Waals surface area contributed by atoms with Crippen LogP contribution in [0.3, 0.4) is 0 Å². The van der Waals surface area contributed by atoms with Gasteiger partial charge < -0.3 is 26.4 Å². The molecule has 0 aromatic carbocycles. The van der Waals surface area contributed by atoms with Crippen LogP contribution in [0.1, 0.15) is 32.6 Å². The Balaban J connectivity index is 0. The Hall–Kier alpha value is -0.200. The van der Waals surface area contributed by atoms with Gasteiger partial charge in [-0.05, 0) is 32.4 Å². The molecule has 0 rings (SSSR count). The van der Waals surface area contributed by atoms with Gasteiger partial charge in [0.05, 0.1) is 0 Å². The molecule has 0 radical (unpaired) electrons. The molecule has 0 spiro atoms. The lowest BCUT2D eigenvalue weighted by molar-refractivity contribution is -0.0453. The Kier molecular flexibility index (Phi) is 18.6. The maximum absolute atomic E-state index is 8.11. The monoisotopic (exact) mass is 222 g/mol. The van der Waals surface area contributed by atoms with E-state index < -0.39 is 6.29 Å². The average molecular weight is 222 g/mol. The molecule has 0 bridgehead atoms. The van der Waals surface area contributed by atoms with Gasteiger partial charge in [-0.25, -0.2) is 0 Å². The van der Waals surface area contributed by atoms with Crippen LogP contribution in [0.15, 0.2) is 0 Å². The van der Waals surface area contributed by atoms with Crippen molar-refractivity contribution in [1.29, 1.82) is 0 Å². The summed E-state index contributed by atoms with van der Waals surface area (Å²) in [6, 6.07) is 0. The second-order valence-electron chi connectivity index (χ2n) is 3.17. The molecule has 5 nitrogen and oxygen atoms in total. The van der Waals surface area contributed by atoms with Gasteiger partial charge >= 0.3 is 0 Å². The van der Waals surface area contributed by atoms with Gasteiger partial charge in [-0.2, -0.15) is 0 Å². The van der Waals surface area contributed by atoms with Crippen LogP contribution in [0, 0.1) is 0 Å². The molecule has 0 unspecified atom stereocenters. The van der Waals surface area contributed by atoms with Crippen molar-refractivity contribution in [2.75, 3.05) is 26.3 Å². The second kappa shape index (κ2) is 16.2. The van der Waals surface area contributed by atoms with Crippen LogP contribution in [0.25, 0.3) is 0 Å². The minimum Gasteiger partial charge on any atom is -0.381 e. The topological polar surface area (TPSA) is 102 Å². The molecule has 0 saturated heterocycles. The van der Waals surface area contributed by atoms with Gasteiger partial charge in [0, 0.05) is 13.2 Å². The molecule has 0 atom stereocenters. The van der Waals surface area contributed by atoms with Crippen molar-refractivity contribution in [3.05, 3.63) is 0 Å². The van der Waals surface area contributed by atoms with E-state index in [0.29, 0.717) is 19.5 Å². The van der Waals surface area contributed by atoms with E-state index in [1.165, 1.54) is 0 Å². The summed E-state index contributed by atoms with van der Waals surface area (Å²) < 4.78 is 5.15. The van der Waals surface area contributed by atoms with Gasteiger partial charge in [-0.3, -0.25) is 0 Å². The van der Waals surface area contributed by atoms with E-state index in [9.17, 15) is 0 Å². The highest BCUT2D eigenvalue weighted by Crippen LogP contribution is 1.88. The molecule has 15 heavy (non-hydrogen) atoms. The molecule has 0 aliphatic carbocycles. The highest BCUT2D eigenvalue weighted by Gasteiger charge is 1.89. The van der Waals surface area contributed by atoms with Crippen molar-refractivity contribution in [3.63, 3.8) is 0 Å². The summed E-state index contributed by atoms with van der Waals surface area (Å²) in [6.45, 7) is 4.87. The lowest BCUT2D eigenvalue weighted by atomic mass is 10.3. The van der Waals surface area contributed by atoms with Crippen molar-refractivity contribution in [2.24, 2.45) is 11.5 Å². The Morgan fingerprint density at radius 3 is 1.73 bits per heavy atom. The molecule has 0 fully saturated rings. The minimum absolute atomic E-state index is 0.486. The van der Waals surface area contributed by atoms with E-state index in [-0.39, 0.29) is 0 Å². The van der Waals surface area contributed by atoms with Crippen LogP contribution in [0.4, 0.5) is 0 Å². The predicted octanol–water partition coefficient (Wildman–Crippen LogP) is -0.202. The van der Waals surface area contributed by atoms with Crippen molar-refractivity contribution in [1.82, 2.24) is 0 Å². The summed E-state index contributed by atoms with van der Waals surface area (Å²) >= 11 is 0. The van der Waals surface area contributed by atoms with E-state index in [2.05, 4.69) is 0 Å². The Bertz CT molecular complexity index is 96.7. The molecule has 0 saturated carbocycles.